The van der Waals surface area contributed by atoms with E-state index in [1.165, 1.54) is 0 Å². The zero-order chi connectivity index (χ0) is 22.7. The number of rotatable bonds is 6. The number of aromatic nitrogens is 1. The van der Waals surface area contributed by atoms with Crippen molar-refractivity contribution in [3.63, 3.8) is 0 Å². The number of aryl methyl sites for hydroxylation is 1. The van der Waals surface area contributed by atoms with Gasteiger partial charge in [-0.2, -0.15) is 0 Å². The third kappa shape index (κ3) is 4.13. The maximum atomic E-state index is 12.7. The molecule has 0 fully saturated rings. The minimum absolute atomic E-state index is 0.0927. The van der Waals surface area contributed by atoms with Crippen molar-refractivity contribution < 1.29 is 19.0 Å². The first-order valence-electron chi connectivity index (χ1n) is 10.7. The highest BCUT2D eigenvalue weighted by Gasteiger charge is 2.23. The number of amides is 1. The highest BCUT2D eigenvalue weighted by molar-refractivity contribution is 5.89. The molecule has 32 heavy (non-hydrogen) atoms. The molecule has 0 radical (unpaired) electrons. The molecule has 0 saturated carbocycles. The van der Waals surface area contributed by atoms with Crippen molar-refractivity contribution in [3.8, 4) is 28.5 Å². The van der Waals surface area contributed by atoms with Crippen LogP contribution in [0.5, 0.6) is 17.2 Å². The van der Waals surface area contributed by atoms with E-state index < -0.39 is 0 Å². The van der Waals surface area contributed by atoms with E-state index in [9.17, 15) is 4.79 Å². The fraction of sp³-hybridized carbons (Fsp3) is 0.308. The fourth-order valence-electron chi connectivity index (χ4n) is 4.08. The highest BCUT2D eigenvalue weighted by atomic mass is 16.5. The zero-order valence-corrected chi connectivity index (χ0v) is 18.8. The van der Waals surface area contributed by atoms with Crippen LogP contribution in [0.1, 0.15) is 24.0 Å². The van der Waals surface area contributed by atoms with Gasteiger partial charge >= 0.3 is 0 Å². The van der Waals surface area contributed by atoms with Crippen molar-refractivity contribution in [2.24, 2.45) is 0 Å². The second-order valence-electron chi connectivity index (χ2n) is 7.84. The van der Waals surface area contributed by atoms with Crippen LogP contribution in [0.15, 0.2) is 49.1 Å². The molecular weight excluding hydrogens is 404 g/mol. The summed E-state index contributed by atoms with van der Waals surface area (Å²) in [4.78, 5) is 19.4. The molecule has 1 aliphatic heterocycles. The van der Waals surface area contributed by atoms with Crippen LogP contribution in [-0.4, -0.2) is 43.2 Å². The molecule has 1 aromatic heterocycles. The molecule has 166 valence electrons. The number of carbonyl (C=O) groups is 1. The molecule has 0 saturated heterocycles. The Bertz CT molecular complexity index is 1170. The van der Waals surface area contributed by atoms with Crippen LogP contribution >= 0.6 is 0 Å². The van der Waals surface area contributed by atoms with Crippen LogP contribution in [0.2, 0.25) is 0 Å². The van der Waals surface area contributed by atoms with Gasteiger partial charge in [0.15, 0.2) is 11.5 Å². The van der Waals surface area contributed by atoms with Gasteiger partial charge in [-0.15, -0.1) is 6.58 Å². The molecule has 2 aromatic carbocycles. The molecule has 0 unspecified atom stereocenters. The Hall–Kier alpha value is -3.54. The molecule has 2 heterocycles. The molecule has 0 atom stereocenters. The lowest BCUT2D eigenvalue weighted by Gasteiger charge is -2.20. The maximum Gasteiger partial charge on any atom is 0.223 e. The summed E-state index contributed by atoms with van der Waals surface area (Å²) in [5.41, 5.74) is 4.55. The third-order valence-corrected chi connectivity index (χ3v) is 5.76. The molecule has 3 aromatic rings. The van der Waals surface area contributed by atoms with Gasteiger partial charge in [-0.25, -0.2) is 4.98 Å². The number of pyridine rings is 1. The third-order valence-electron chi connectivity index (χ3n) is 5.76. The first-order chi connectivity index (χ1) is 15.5. The van der Waals surface area contributed by atoms with Crippen LogP contribution in [-0.2, 0) is 11.3 Å². The van der Waals surface area contributed by atoms with Crippen LogP contribution in [0, 0.1) is 6.92 Å². The molecule has 1 amide bonds. The van der Waals surface area contributed by atoms with Crippen molar-refractivity contribution in [2.75, 3.05) is 27.4 Å². The highest BCUT2D eigenvalue weighted by Crippen LogP contribution is 2.39. The van der Waals surface area contributed by atoms with E-state index in [0.717, 1.165) is 39.0 Å². The van der Waals surface area contributed by atoms with Crippen molar-refractivity contribution in [3.05, 3.63) is 60.2 Å². The summed E-state index contributed by atoms with van der Waals surface area (Å²) < 4.78 is 17.2. The number of fused-ring (bicyclic) bond motifs is 2. The summed E-state index contributed by atoms with van der Waals surface area (Å²) in [6.45, 7) is 7.20. The second kappa shape index (κ2) is 9.30. The molecule has 6 nitrogen and oxygen atoms in total. The monoisotopic (exact) mass is 432 g/mol. The maximum absolute atomic E-state index is 12.7. The minimum atomic E-state index is 0.0927. The molecule has 6 heteroatoms. The summed E-state index contributed by atoms with van der Waals surface area (Å²) in [6.07, 6.45) is 2.87. The Morgan fingerprint density at radius 1 is 1.22 bits per heavy atom. The van der Waals surface area contributed by atoms with E-state index in [0.29, 0.717) is 44.0 Å². The van der Waals surface area contributed by atoms with Gasteiger partial charge in [0, 0.05) is 29.5 Å². The lowest BCUT2D eigenvalue weighted by molar-refractivity contribution is -0.131. The molecule has 0 spiro atoms. The van der Waals surface area contributed by atoms with Crippen LogP contribution in [0.3, 0.4) is 0 Å². The van der Waals surface area contributed by atoms with Crippen molar-refractivity contribution in [2.45, 2.75) is 26.3 Å². The number of ether oxygens (including phenoxy) is 3. The second-order valence-corrected chi connectivity index (χ2v) is 7.84. The van der Waals surface area contributed by atoms with Gasteiger partial charge in [0.2, 0.25) is 5.91 Å². The van der Waals surface area contributed by atoms with Gasteiger partial charge < -0.3 is 19.1 Å². The number of nitrogens with zero attached hydrogens (tertiary/aromatic N) is 2. The smallest absolute Gasteiger partial charge is 0.223 e. The normalized spacial score (nSPS) is 13.2. The van der Waals surface area contributed by atoms with Crippen LogP contribution in [0.4, 0.5) is 0 Å². The van der Waals surface area contributed by atoms with Crippen molar-refractivity contribution in [1.82, 2.24) is 9.88 Å². The molecule has 0 N–H and O–H groups in total. The van der Waals surface area contributed by atoms with Crippen molar-refractivity contribution in [1.29, 1.82) is 0 Å². The number of methoxy groups -OCH3 is 2. The number of para-hydroxylation sites is 1. The topological polar surface area (TPSA) is 60.9 Å². The minimum Gasteiger partial charge on any atom is -0.494 e. The average Bonchev–Trinajstić information content (AvgIpc) is 3.04. The van der Waals surface area contributed by atoms with E-state index in [1.807, 2.05) is 35.2 Å². The lowest BCUT2D eigenvalue weighted by Crippen LogP contribution is -2.32. The van der Waals surface area contributed by atoms with E-state index in [1.54, 1.807) is 20.3 Å². The first-order valence-corrected chi connectivity index (χ1v) is 10.7. The predicted octanol–water partition coefficient (Wildman–Crippen LogP) is 4.91. The van der Waals surface area contributed by atoms with E-state index in [4.69, 9.17) is 19.2 Å². The number of allylic oxidation sites excluding steroid dienone is 1. The van der Waals surface area contributed by atoms with E-state index >= 15 is 0 Å². The zero-order valence-electron chi connectivity index (χ0n) is 18.8. The van der Waals surface area contributed by atoms with Gasteiger partial charge in [-0.3, -0.25) is 4.79 Å². The molecule has 1 aliphatic rings. The molecule has 4 rings (SSSR count). The summed E-state index contributed by atoms with van der Waals surface area (Å²) in [7, 11) is 3.28. The first kappa shape index (κ1) is 21.7. The Labute approximate surface area is 188 Å². The summed E-state index contributed by atoms with van der Waals surface area (Å²) in [6, 6.07) is 12.0. The summed E-state index contributed by atoms with van der Waals surface area (Å²) >= 11 is 0. The largest absolute Gasteiger partial charge is 0.494 e. The van der Waals surface area contributed by atoms with Crippen molar-refractivity contribution >= 4 is 16.8 Å². The van der Waals surface area contributed by atoms with Crippen LogP contribution in [0.25, 0.3) is 22.2 Å². The Kier molecular flexibility index (Phi) is 6.30. The van der Waals surface area contributed by atoms with E-state index in [-0.39, 0.29) is 5.91 Å². The molecular formula is C26H28N2O4. The number of benzene rings is 2. The van der Waals surface area contributed by atoms with Gasteiger partial charge in [-0.05, 0) is 43.2 Å². The quantitative estimate of drug-likeness (QED) is 0.518. The van der Waals surface area contributed by atoms with Gasteiger partial charge in [-0.1, -0.05) is 18.2 Å². The van der Waals surface area contributed by atoms with Gasteiger partial charge in [0.05, 0.1) is 26.5 Å². The van der Waals surface area contributed by atoms with Gasteiger partial charge in [0.25, 0.3) is 0 Å². The molecule has 0 bridgehead atoms. The standard InChI is InChI=1S/C26H28N2O4/c1-5-6-10-24(29)28-11-12-32-26-19(16-28)14-18(15-23(26)31-4)21-13-17(2)20-8-7-9-22(30-3)25(20)27-21/h5,7-9,13-15H,1,6,10-12,16H2,2-4H3. The molecule has 0 aliphatic carbocycles. The SMILES string of the molecule is C=CCCC(=O)N1CCOc2c(cc(-c3cc(C)c4cccc(OC)c4n3)cc2OC)C1. The summed E-state index contributed by atoms with van der Waals surface area (Å²) in [5.74, 6) is 2.15. The van der Waals surface area contributed by atoms with Gasteiger partial charge in [0.1, 0.15) is 17.9 Å². The fourth-order valence-corrected chi connectivity index (χ4v) is 4.08. The number of hydrogen-bond donors (Lipinski definition) is 0. The van der Waals surface area contributed by atoms with E-state index in [2.05, 4.69) is 19.6 Å². The Morgan fingerprint density at radius 3 is 2.78 bits per heavy atom. The Morgan fingerprint density at radius 2 is 2.03 bits per heavy atom. The van der Waals surface area contributed by atoms with Crippen LogP contribution < -0.4 is 14.2 Å². The lowest BCUT2D eigenvalue weighted by atomic mass is 10.0. The number of carbonyl (C=O) groups excluding carboxylic acids is 1. The Balaban J connectivity index is 1.79. The summed E-state index contributed by atoms with van der Waals surface area (Å²) in [5, 5.41) is 1.05. The number of hydrogen-bond acceptors (Lipinski definition) is 5. The average molecular weight is 433 g/mol. The predicted molar refractivity (Wildman–Crippen MR) is 125 cm³/mol.